The Kier molecular flexibility index (Phi) is 4.98. The second kappa shape index (κ2) is 6.33. The van der Waals surface area contributed by atoms with Gasteiger partial charge < -0.3 is 9.84 Å². The van der Waals surface area contributed by atoms with Gasteiger partial charge in [0.2, 0.25) is 0 Å². The summed E-state index contributed by atoms with van der Waals surface area (Å²) in [4.78, 5) is 5.71. The molecule has 1 saturated carbocycles. The number of aliphatic hydroxyl groups is 1. The summed E-state index contributed by atoms with van der Waals surface area (Å²) in [6, 6.07) is 0. The summed E-state index contributed by atoms with van der Waals surface area (Å²) in [7, 11) is 0. The van der Waals surface area contributed by atoms with Gasteiger partial charge in [0.15, 0.2) is 0 Å². The molecule has 0 aromatic carbocycles. The molecule has 1 N–H and O–H groups in total. The molecule has 1 atom stereocenters. The van der Waals surface area contributed by atoms with Crippen molar-refractivity contribution in [3.05, 3.63) is 15.6 Å². The topological polar surface area (TPSA) is 42.4 Å². The molecule has 1 fully saturated rings. The van der Waals surface area contributed by atoms with E-state index in [0.717, 1.165) is 35.0 Å². The van der Waals surface area contributed by atoms with E-state index in [2.05, 4.69) is 6.92 Å². The number of hydrogen-bond donors (Lipinski definition) is 1. The van der Waals surface area contributed by atoms with Crippen LogP contribution < -0.4 is 0 Å². The Morgan fingerprint density at radius 3 is 2.42 bits per heavy atom. The maximum atomic E-state index is 9.82. The van der Waals surface area contributed by atoms with E-state index in [0.29, 0.717) is 0 Å². The van der Waals surface area contributed by atoms with Crippen LogP contribution in [0.4, 0.5) is 0 Å². The van der Waals surface area contributed by atoms with Gasteiger partial charge in [-0.05, 0) is 33.6 Å². The second-order valence-corrected chi connectivity index (χ2v) is 6.52. The highest BCUT2D eigenvalue weighted by Gasteiger charge is 2.37. The van der Waals surface area contributed by atoms with E-state index < -0.39 is 6.10 Å². The Morgan fingerprint density at radius 1 is 1.32 bits per heavy atom. The highest BCUT2D eigenvalue weighted by Crippen LogP contribution is 2.42. The summed E-state index contributed by atoms with van der Waals surface area (Å²) in [6.45, 7) is 6.58. The molecule has 0 saturated heterocycles. The van der Waals surface area contributed by atoms with Crippen LogP contribution in [0.2, 0.25) is 0 Å². The SMILES string of the molecule is CCOC1(c2nc(C)c(C(C)O)s2)CCCCCC1. The lowest BCUT2D eigenvalue weighted by atomic mass is 9.95. The van der Waals surface area contributed by atoms with Crippen LogP contribution in [0.1, 0.15) is 74.1 Å². The summed E-state index contributed by atoms with van der Waals surface area (Å²) >= 11 is 1.64. The van der Waals surface area contributed by atoms with Crippen molar-refractivity contribution in [2.24, 2.45) is 0 Å². The maximum Gasteiger partial charge on any atom is 0.125 e. The fraction of sp³-hybridized carbons (Fsp3) is 0.800. The largest absolute Gasteiger partial charge is 0.388 e. The average molecular weight is 283 g/mol. The van der Waals surface area contributed by atoms with Crippen LogP contribution in [0.15, 0.2) is 0 Å². The third-order valence-corrected chi connectivity index (χ3v) is 5.45. The molecule has 3 nitrogen and oxygen atoms in total. The van der Waals surface area contributed by atoms with Gasteiger partial charge in [-0.15, -0.1) is 11.3 Å². The summed E-state index contributed by atoms with van der Waals surface area (Å²) in [6.07, 6.45) is 6.70. The molecule has 0 amide bonds. The summed E-state index contributed by atoms with van der Waals surface area (Å²) in [5.41, 5.74) is 0.756. The van der Waals surface area contributed by atoms with Gasteiger partial charge in [0.1, 0.15) is 10.6 Å². The maximum absolute atomic E-state index is 9.82. The van der Waals surface area contributed by atoms with E-state index in [1.807, 2.05) is 13.8 Å². The third kappa shape index (κ3) is 3.18. The molecule has 108 valence electrons. The third-order valence-electron chi connectivity index (χ3n) is 3.93. The minimum atomic E-state index is -0.435. The van der Waals surface area contributed by atoms with Gasteiger partial charge >= 0.3 is 0 Å². The van der Waals surface area contributed by atoms with E-state index in [1.165, 1.54) is 25.7 Å². The van der Waals surface area contributed by atoms with Gasteiger partial charge in [-0.25, -0.2) is 4.98 Å². The molecule has 1 unspecified atom stereocenters. The van der Waals surface area contributed by atoms with E-state index in [9.17, 15) is 5.11 Å². The number of aromatic nitrogens is 1. The van der Waals surface area contributed by atoms with E-state index in [4.69, 9.17) is 9.72 Å². The minimum Gasteiger partial charge on any atom is -0.388 e. The highest BCUT2D eigenvalue weighted by atomic mass is 32.1. The lowest BCUT2D eigenvalue weighted by Gasteiger charge is -2.30. The first kappa shape index (κ1) is 14.9. The number of ether oxygens (including phenoxy) is 1. The van der Waals surface area contributed by atoms with Crippen LogP contribution >= 0.6 is 11.3 Å². The molecule has 4 heteroatoms. The van der Waals surface area contributed by atoms with E-state index in [-0.39, 0.29) is 5.60 Å². The van der Waals surface area contributed by atoms with Crippen LogP contribution in [0.25, 0.3) is 0 Å². The molecular weight excluding hydrogens is 258 g/mol. The molecule has 1 aromatic rings. The Hall–Kier alpha value is -0.450. The molecule has 0 bridgehead atoms. The number of rotatable bonds is 4. The molecular formula is C15H25NO2S. The van der Waals surface area contributed by atoms with Crippen molar-refractivity contribution in [2.75, 3.05) is 6.61 Å². The monoisotopic (exact) mass is 283 g/mol. The fourth-order valence-electron chi connectivity index (χ4n) is 2.99. The molecule has 1 aliphatic rings. The summed E-state index contributed by atoms with van der Waals surface area (Å²) < 4.78 is 6.15. The van der Waals surface area contributed by atoms with Crippen molar-refractivity contribution >= 4 is 11.3 Å². The van der Waals surface area contributed by atoms with Crippen molar-refractivity contribution in [1.82, 2.24) is 4.98 Å². The van der Waals surface area contributed by atoms with Crippen LogP contribution in [0, 0.1) is 6.92 Å². The first-order valence-electron chi connectivity index (χ1n) is 7.39. The number of thiazole rings is 1. The predicted molar refractivity (Wildman–Crippen MR) is 78.5 cm³/mol. The van der Waals surface area contributed by atoms with Crippen molar-refractivity contribution in [3.63, 3.8) is 0 Å². The fourth-order valence-corrected chi connectivity index (χ4v) is 4.19. The van der Waals surface area contributed by atoms with Gasteiger partial charge in [0.25, 0.3) is 0 Å². The van der Waals surface area contributed by atoms with Crippen molar-refractivity contribution in [1.29, 1.82) is 0 Å². The zero-order valence-electron chi connectivity index (χ0n) is 12.2. The van der Waals surface area contributed by atoms with Crippen LogP contribution in [0.3, 0.4) is 0 Å². The van der Waals surface area contributed by atoms with Crippen LogP contribution in [-0.4, -0.2) is 16.7 Å². The number of aryl methyl sites for hydroxylation is 1. The molecule has 1 heterocycles. The number of hydrogen-bond acceptors (Lipinski definition) is 4. The van der Waals surface area contributed by atoms with Gasteiger partial charge in [0.05, 0.1) is 16.7 Å². The van der Waals surface area contributed by atoms with Gasteiger partial charge in [-0.3, -0.25) is 0 Å². The smallest absolute Gasteiger partial charge is 0.125 e. The second-order valence-electron chi connectivity index (χ2n) is 5.49. The Balaban J connectivity index is 2.34. The molecule has 0 radical (unpaired) electrons. The molecule has 0 aliphatic heterocycles. The first-order chi connectivity index (χ1) is 9.09. The predicted octanol–water partition coefficient (Wildman–Crippen LogP) is 4.09. The van der Waals surface area contributed by atoms with Crippen LogP contribution in [0.5, 0.6) is 0 Å². The molecule has 1 aromatic heterocycles. The first-order valence-corrected chi connectivity index (χ1v) is 8.20. The van der Waals surface area contributed by atoms with Gasteiger partial charge in [-0.2, -0.15) is 0 Å². The van der Waals surface area contributed by atoms with Gasteiger partial charge in [0, 0.05) is 6.61 Å². The lowest BCUT2D eigenvalue weighted by molar-refractivity contribution is -0.0560. The lowest BCUT2D eigenvalue weighted by Crippen LogP contribution is -2.29. The normalized spacial score (nSPS) is 21.1. The van der Waals surface area contributed by atoms with Crippen LogP contribution in [-0.2, 0) is 10.3 Å². The molecule has 2 rings (SSSR count). The van der Waals surface area contributed by atoms with Crippen molar-refractivity contribution in [3.8, 4) is 0 Å². The average Bonchev–Trinajstić information content (AvgIpc) is 2.61. The van der Waals surface area contributed by atoms with Crippen molar-refractivity contribution in [2.45, 2.75) is 71.0 Å². The number of aliphatic hydroxyl groups excluding tert-OH is 1. The minimum absolute atomic E-state index is 0.201. The highest BCUT2D eigenvalue weighted by molar-refractivity contribution is 7.12. The van der Waals surface area contributed by atoms with E-state index >= 15 is 0 Å². The quantitative estimate of drug-likeness (QED) is 0.846. The number of nitrogens with zero attached hydrogens (tertiary/aromatic N) is 1. The zero-order chi connectivity index (χ0) is 13.9. The van der Waals surface area contributed by atoms with Crippen molar-refractivity contribution < 1.29 is 9.84 Å². The standard InChI is InChI=1S/C15H25NO2S/c1-4-18-15(9-7-5-6-8-10-15)14-16-11(2)13(19-14)12(3)17/h12,17H,4-10H2,1-3H3. The molecule has 19 heavy (non-hydrogen) atoms. The Morgan fingerprint density at radius 2 is 1.95 bits per heavy atom. The van der Waals surface area contributed by atoms with E-state index in [1.54, 1.807) is 11.3 Å². The summed E-state index contributed by atoms with van der Waals surface area (Å²) in [5.74, 6) is 0. The zero-order valence-corrected chi connectivity index (χ0v) is 13.1. The van der Waals surface area contributed by atoms with Gasteiger partial charge in [-0.1, -0.05) is 25.7 Å². The Labute approximate surface area is 120 Å². The summed E-state index contributed by atoms with van der Waals surface area (Å²) in [5, 5.41) is 10.9. The molecule has 1 aliphatic carbocycles. The Bertz CT molecular complexity index is 406. The molecule has 0 spiro atoms.